The molecule has 0 radical (unpaired) electrons. The zero-order valence-electron chi connectivity index (χ0n) is 12.4. The molecule has 21 heavy (non-hydrogen) atoms. The Hall–Kier alpha value is -1.85. The molecule has 116 valence electrons. The fraction of sp³-hybridized carbons (Fsp3) is 0.667. The van der Waals surface area contributed by atoms with Crippen molar-refractivity contribution in [3.05, 3.63) is 18.2 Å². The van der Waals surface area contributed by atoms with E-state index in [0.29, 0.717) is 25.1 Å². The highest BCUT2D eigenvalue weighted by Crippen LogP contribution is 2.39. The van der Waals surface area contributed by atoms with E-state index in [-0.39, 0.29) is 18.4 Å². The first-order valence-electron chi connectivity index (χ1n) is 7.59. The number of carbonyl (C=O) groups excluding carboxylic acids is 1. The smallest absolute Gasteiger partial charge is 0.310 e. The summed E-state index contributed by atoms with van der Waals surface area (Å²) in [5.74, 6) is -0.343. The van der Waals surface area contributed by atoms with Crippen molar-refractivity contribution >= 4 is 11.9 Å². The maximum atomic E-state index is 12.3. The molecule has 1 amide bonds. The Morgan fingerprint density at radius 2 is 2.14 bits per heavy atom. The van der Waals surface area contributed by atoms with Gasteiger partial charge in [0, 0.05) is 18.8 Å². The third kappa shape index (κ3) is 3.62. The van der Waals surface area contributed by atoms with E-state index in [9.17, 15) is 14.7 Å². The number of rotatable bonds is 6. The number of hydrogen-bond acceptors (Lipinski definition) is 3. The average Bonchev–Trinajstić information content (AvgIpc) is 2.99. The largest absolute Gasteiger partial charge is 0.481 e. The van der Waals surface area contributed by atoms with Crippen LogP contribution >= 0.6 is 0 Å². The maximum Gasteiger partial charge on any atom is 0.310 e. The predicted molar refractivity (Wildman–Crippen MR) is 77.5 cm³/mol. The Kier molecular flexibility index (Phi) is 4.98. The van der Waals surface area contributed by atoms with E-state index < -0.39 is 11.4 Å². The van der Waals surface area contributed by atoms with Crippen LogP contribution in [0.1, 0.15) is 63.7 Å². The minimum absolute atomic E-state index is 0.0551. The highest BCUT2D eigenvalue weighted by Gasteiger charge is 2.41. The molecule has 1 unspecified atom stereocenters. The predicted octanol–water partition coefficient (Wildman–Crippen LogP) is 2.40. The summed E-state index contributed by atoms with van der Waals surface area (Å²) in [6, 6.07) is -0.193. The van der Waals surface area contributed by atoms with Gasteiger partial charge in [-0.1, -0.05) is 26.2 Å². The number of aromatic nitrogens is 2. The molecule has 6 heteroatoms. The van der Waals surface area contributed by atoms with Crippen molar-refractivity contribution in [2.45, 2.75) is 57.9 Å². The third-order valence-electron chi connectivity index (χ3n) is 4.36. The molecule has 0 spiro atoms. The molecule has 0 aliphatic heterocycles. The highest BCUT2D eigenvalue weighted by molar-refractivity contribution is 5.85. The van der Waals surface area contributed by atoms with Crippen molar-refractivity contribution < 1.29 is 14.7 Å². The molecule has 1 saturated carbocycles. The van der Waals surface area contributed by atoms with Gasteiger partial charge < -0.3 is 15.4 Å². The van der Waals surface area contributed by atoms with Gasteiger partial charge in [-0.05, 0) is 19.3 Å². The molecule has 1 aliphatic rings. The van der Waals surface area contributed by atoms with Crippen LogP contribution in [-0.2, 0) is 9.59 Å². The van der Waals surface area contributed by atoms with Crippen LogP contribution in [-0.4, -0.2) is 27.0 Å². The van der Waals surface area contributed by atoms with Gasteiger partial charge in [0.05, 0.1) is 11.5 Å². The zero-order valence-corrected chi connectivity index (χ0v) is 12.4. The quantitative estimate of drug-likeness (QED) is 0.750. The lowest BCUT2D eigenvalue weighted by atomic mass is 9.71. The first-order valence-corrected chi connectivity index (χ1v) is 7.59. The van der Waals surface area contributed by atoms with Gasteiger partial charge in [0.2, 0.25) is 5.91 Å². The fourth-order valence-corrected chi connectivity index (χ4v) is 3.08. The van der Waals surface area contributed by atoms with Crippen LogP contribution in [0.4, 0.5) is 0 Å². The molecular formula is C15H23N3O3. The summed E-state index contributed by atoms with van der Waals surface area (Å²) in [7, 11) is 0. The standard InChI is InChI=1S/C15H23N3O3/c1-2-11(13-16-8-9-17-13)18-12(19)10-15(14(20)21)6-4-3-5-7-15/h8-9,11H,2-7,10H2,1H3,(H,16,17)(H,18,19)(H,20,21). The summed E-state index contributed by atoms with van der Waals surface area (Å²) in [5, 5.41) is 12.4. The second kappa shape index (κ2) is 6.74. The molecule has 1 aromatic rings. The van der Waals surface area contributed by atoms with Crippen molar-refractivity contribution in [1.82, 2.24) is 15.3 Å². The monoisotopic (exact) mass is 293 g/mol. The second-order valence-corrected chi connectivity index (χ2v) is 5.83. The first kappa shape index (κ1) is 15.5. The number of carbonyl (C=O) groups is 2. The van der Waals surface area contributed by atoms with Crippen molar-refractivity contribution in [1.29, 1.82) is 0 Å². The minimum atomic E-state index is -0.885. The number of imidazole rings is 1. The molecule has 6 nitrogen and oxygen atoms in total. The lowest BCUT2D eigenvalue weighted by Gasteiger charge is -2.32. The lowest BCUT2D eigenvalue weighted by Crippen LogP contribution is -2.40. The van der Waals surface area contributed by atoms with Crippen LogP contribution in [0, 0.1) is 5.41 Å². The third-order valence-corrected chi connectivity index (χ3v) is 4.36. The Labute approximate surface area is 124 Å². The number of aromatic amines is 1. The number of aliphatic carboxylic acids is 1. The van der Waals surface area contributed by atoms with Crippen LogP contribution in [0.15, 0.2) is 12.4 Å². The second-order valence-electron chi connectivity index (χ2n) is 5.83. The molecule has 1 atom stereocenters. The van der Waals surface area contributed by atoms with E-state index in [1.54, 1.807) is 12.4 Å². The molecule has 1 heterocycles. The topological polar surface area (TPSA) is 95.1 Å². The Balaban J connectivity index is 2.00. The van der Waals surface area contributed by atoms with Crippen molar-refractivity contribution in [2.75, 3.05) is 0 Å². The number of H-pyrrole nitrogens is 1. The van der Waals surface area contributed by atoms with Gasteiger partial charge in [-0.15, -0.1) is 0 Å². The van der Waals surface area contributed by atoms with Gasteiger partial charge in [0.15, 0.2) is 0 Å². The molecule has 2 rings (SSSR count). The summed E-state index contributed by atoms with van der Waals surface area (Å²) < 4.78 is 0. The minimum Gasteiger partial charge on any atom is -0.481 e. The van der Waals surface area contributed by atoms with Gasteiger partial charge in [-0.25, -0.2) is 4.98 Å². The number of amides is 1. The number of hydrogen-bond donors (Lipinski definition) is 3. The number of carboxylic acid groups (broad SMARTS) is 1. The molecule has 1 aliphatic carbocycles. The lowest BCUT2D eigenvalue weighted by molar-refractivity contribution is -0.154. The molecule has 0 aromatic carbocycles. The SMILES string of the molecule is CCC(NC(=O)CC1(C(=O)O)CCCCC1)c1ncc[nH]1. The Morgan fingerprint density at radius 3 is 2.67 bits per heavy atom. The zero-order chi connectivity index (χ0) is 15.3. The number of nitrogens with zero attached hydrogens (tertiary/aromatic N) is 1. The van der Waals surface area contributed by atoms with Crippen LogP contribution in [0.25, 0.3) is 0 Å². The van der Waals surface area contributed by atoms with E-state index in [2.05, 4.69) is 15.3 Å². The van der Waals surface area contributed by atoms with E-state index in [0.717, 1.165) is 19.3 Å². The summed E-state index contributed by atoms with van der Waals surface area (Å²) >= 11 is 0. The van der Waals surface area contributed by atoms with E-state index in [1.807, 2.05) is 6.92 Å². The van der Waals surface area contributed by atoms with Crippen LogP contribution in [0.5, 0.6) is 0 Å². The summed E-state index contributed by atoms with van der Waals surface area (Å²) in [6.07, 6.45) is 8.12. The van der Waals surface area contributed by atoms with Gasteiger partial charge in [-0.2, -0.15) is 0 Å². The fourth-order valence-electron chi connectivity index (χ4n) is 3.08. The summed E-state index contributed by atoms with van der Waals surface area (Å²) in [5.41, 5.74) is -0.885. The van der Waals surface area contributed by atoms with Gasteiger partial charge in [0.25, 0.3) is 0 Å². The van der Waals surface area contributed by atoms with Gasteiger partial charge >= 0.3 is 5.97 Å². The molecule has 1 aromatic heterocycles. The van der Waals surface area contributed by atoms with E-state index >= 15 is 0 Å². The van der Waals surface area contributed by atoms with Crippen molar-refractivity contribution in [2.24, 2.45) is 5.41 Å². The summed E-state index contributed by atoms with van der Waals surface area (Å²) in [6.45, 7) is 1.96. The number of carboxylic acids is 1. The molecule has 0 bridgehead atoms. The van der Waals surface area contributed by atoms with Crippen LogP contribution in [0.2, 0.25) is 0 Å². The molecule has 1 fully saturated rings. The summed E-state index contributed by atoms with van der Waals surface area (Å²) in [4.78, 5) is 31.0. The first-order chi connectivity index (χ1) is 10.1. The molecular weight excluding hydrogens is 270 g/mol. The van der Waals surface area contributed by atoms with Crippen LogP contribution < -0.4 is 5.32 Å². The van der Waals surface area contributed by atoms with Gasteiger partial charge in [-0.3, -0.25) is 9.59 Å². The Morgan fingerprint density at radius 1 is 1.43 bits per heavy atom. The highest BCUT2D eigenvalue weighted by atomic mass is 16.4. The molecule has 0 saturated heterocycles. The maximum absolute atomic E-state index is 12.3. The molecule has 3 N–H and O–H groups in total. The van der Waals surface area contributed by atoms with Crippen molar-refractivity contribution in [3.8, 4) is 0 Å². The van der Waals surface area contributed by atoms with Gasteiger partial charge in [0.1, 0.15) is 5.82 Å². The Bertz CT molecular complexity index is 478. The van der Waals surface area contributed by atoms with Crippen LogP contribution in [0.3, 0.4) is 0 Å². The number of nitrogens with one attached hydrogen (secondary N) is 2. The van der Waals surface area contributed by atoms with E-state index in [1.165, 1.54) is 0 Å². The normalized spacial score (nSPS) is 18.9. The average molecular weight is 293 g/mol. The van der Waals surface area contributed by atoms with E-state index in [4.69, 9.17) is 0 Å². The van der Waals surface area contributed by atoms with Crippen molar-refractivity contribution in [3.63, 3.8) is 0 Å².